The van der Waals surface area contributed by atoms with Crippen LogP contribution in [0.15, 0.2) is 0 Å². The fourth-order valence-electron chi connectivity index (χ4n) is 3.50. The Bertz CT molecular complexity index is 377. The highest BCUT2D eigenvalue weighted by atomic mass is 32.2. The molecule has 0 aromatic rings. The monoisotopic (exact) mass is 303 g/mol. The van der Waals surface area contributed by atoms with E-state index in [1.165, 1.54) is 12.8 Å². The van der Waals surface area contributed by atoms with Crippen LogP contribution in [-0.4, -0.2) is 26.8 Å². The summed E-state index contributed by atoms with van der Waals surface area (Å²) in [6, 6.07) is 0.0994. The first-order valence-corrected chi connectivity index (χ1v) is 9.77. The van der Waals surface area contributed by atoms with Crippen LogP contribution in [0.2, 0.25) is 0 Å². The first-order chi connectivity index (χ1) is 9.57. The molecule has 2 rings (SSSR count). The molecule has 0 amide bonds. The van der Waals surface area contributed by atoms with Crippen molar-refractivity contribution in [2.45, 2.75) is 70.3 Å². The average molecular weight is 303 g/mol. The maximum absolute atomic E-state index is 12.1. The van der Waals surface area contributed by atoms with Crippen LogP contribution < -0.4 is 5.73 Å². The van der Waals surface area contributed by atoms with Gasteiger partial charge in [0.05, 0.1) is 12.4 Å². The smallest absolute Gasteiger partial charge is 0.267 e. The molecule has 2 fully saturated rings. The Morgan fingerprint density at radius 2 is 1.50 bits per heavy atom. The van der Waals surface area contributed by atoms with Crippen LogP contribution in [0.5, 0.6) is 0 Å². The van der Waals surface area contributed by atoms with Crippen LogP contribution in [0.1, 0.15) is 64.2 Å². The average Bonchev–Trinajstić information content (AvgIpc) is 2.62. The van der Waals surface area contributed by atoms with E-state index in [-0.39, 0.29) is 24.3 Å². The molecule has 2 N–H and O–H groups in total. The van der Waals surface area contributed by atoms with Crippen molar-refractivity contribution in [1.29, 1.82) is 0 Å². The van der Waals surface area contributed by atoms with Gasteiger partial charge in [0.25, 0.3) is 10.1 Å². The van der Waals surface area contributed by atoms with E-state index in [0.29, 0.717) is 5.92 Å². The van der Waals surface area contributed by atoms with E-state index in [1.54, 1.807) is 0 Å². The van der Waals surface area contributed by atoms with Crippen LogP contribution in [0.25, 0.3) is 0 Å². The van der Waals surface area contributed by atoms with E-state index in [0.717, 1.165) is 51.4 Å². The normalized spacial score (nSPS) is 30.1. The molecular weight excluding hydrogens is 274 g/mol. The standard InChI is InChI=1S/C15H29NO3S/c16-15-10-6-2-5-9-14(15)11-19-20(17,18)12-13-7-3-1-4-8-13/h13-15H,1-12,16H2/t14-,15-/m0/s1. The van der Waals surface area contributed by atoms with Gasteiger partial charge in [-0.15, -0.1) is 0 Å². The van der Waals surface area contributed by atoms with Crippen molar-refractivity contribution in [2.75, 3.05) is 12.4 Å². The summed E-state index contributed by atoms with van der Waals surface area (Å²) in [4.78, 5) is 0. The summed E-state index contributed by atoms with van der Waals surface area (Å²) in [5.41, 5.74) is 6.12. The van der Waals surface area contributed by atoms with E-state index in [1.807, 2.05) is 0 Å². The molecule has 20 heavy (non-hydrogen) atoms. The number of rotatable bonds is 5. The largest absolute Gasteiger partial charge is 0.327 e. The lowest BCUT2D eigenvalue weighted by molar-refractivity contribution is 0.219. The number of hydrogen-bond donors (Lipinski definition) is 1. The summed E-state index contributed by atoms with van der Waals surface area (Å²) < 4.78 is 29.4. The van der Waals surface area contributed by atoms with Crippen LogP contribution in [0, 0.1) is 11.8 Å². The SMILES string of the molecule is N[C@H]1CCCCC[C@H]1COS(=O)(=O)CC1CCCCC1. The molecule has 2 atom stereocenters. The second-order valence-corrected chi connectivity index (χ2v) is 8.26. The molecule has 0 aliphatic heterocycles. The van der Waals surface area contributed by atoms with Crippen molar-refractivity contribution in [3.8, 4) is 0 Å². The zero-order chi connectivity index (χ0) is 14.4. The molecule has 2 saturated carbocycles. The fraction of sp³-hybridized carbons (Fsp3) is 1.00. The molecule has 0 unspecified atom stereocenters. The van der Waals surface area contributed by atoms with Gasteiger partial charge in [-0.1, -0.05) is 38.5 Å². The van der Waals surface area contributed by atoms with Crippen molar-refractivity contribution in [3.63, 3.8) is 0 Å². The van der Waals surface area contributed by atoms with Gasteiger partial charge in [0.1, 0.15) is 0 Å². The van der Waals surface area contributed by atoms with Crippen molar-refractivity contribution in [2.24, 2.45) is 17.6 Å². The summed E-state index contributed by atoms with van der Waals surface area (Å²) in [7, 11) is -3.37. The van der Waals surface area contributed by atoms with E-state index < -0.39 is 10.1 Å². The van der Waals surface area contributed by atoms with Gasteiger partial charge < -0.3 is 5.73 Å². The summed E-state index contributed by atoms with van der Waals surface area (Å²) in [5, 5.41) is 0. The second kappa shape index (κ2) is 7.76. The Balaban J connectivity index is 1.78. The molecule has 0 aromatic carbocycles. The molecule has 2 aliphatic carbocycles. The van der Waals surface area contributed by atoms with Crippen LogP contribution >= 0.6 is 0 Å². The molecular formula is C15H29NO3S. The third-order valence-corrected chi connectivity index (χ3v) is 6.22. The van der Waals surface area contributed by atoms with E-state index in [9.17, 15) is 8.42 Å². The minimum absolute atomic E-state index is 0.0994. The lowest BCUT2D eigenvalue weighted by Gasteiger charge is -2.23. The maximum atomic E-state index is 12.1. The van der Waals surface area contributed by atoms with Gasteiger partial charge in [0.15, 0.2) is 0 Å². The van der Waals surface area contributed by atoms with Crippen LogP contribution in [0.4, 0.5) is 0 Å². The van der Waals surface area contributed by atoms with Crippen LogP contribution in [-0.2, 0) is 14.3 Å². The fourth-order valence-corrected chi connectivity index (χ4v) is 4.89. The highest BCUT2D eigenvalue weighted by molar-refractivity contribution is 7.86. The van der Waals surface area contributed by atoms with E-state index in [4.69, 9.17) is 9.92 Å². The summed E-state index contributed by atoms with van der Waals surface area (Å²) >= 11 is 0. The van der Waals surface area contributed by atoms with Crippen molar-refractivity contribution < 1.29 is 12.6 Å². The highest BCUT2D eigenvalue weighted by Crippen LogP contribution is 2.26. The van der Waals surface area contributed by atoms with Crippen molar-refractivity contribution in [1.82, 2.24) is 0 Å². The molecule has 0 heterocycles. The van der Waals surface area contributed by atoms with E-state index in [2.05, 4.69) is 0 Å². The van der Waals surface area contributed by atoms with Gasteiger partial charge in [-0.2, -0.15) is 8.42 Å². The first kappa shape index (κ1) is 16.2. The molecule has 2 aliphatic rings. The lowest BCUT2D eigenvalue weighted by atomic mass is 9.91. The first-order valence-electron chi connectivity index (χ1n) is 8.19. The number of hydrogen-bond acceptors (Lipinski definition) is 4. The zero-order valence-corrected chi connectivity index (χ0v) is 13.2. The van der Waals surface area contributed by atoms with Gasteiger partial charge in [-0.25, -0.2) is 0 Å². The highest BCUT2D eigenvalue weighted by Gasteiger charge is 2.26. The molecule has 5 heteroatoms. The van der Waals surface area contributed by atoms with Crippen LogP contribution in [0.3, 0.4) is 0 Å². The van der Waals surface area contributed by atoms with Gasteiger partial charge in [-0.3, -0.25) is 4.18 Å². The third-order valence-electron chi connectivity index (χ3n) is 4.84. The Kier molecular flexibility index (Phi) is 6.30. The van der Waals surface area contributed by atoms with Gasteiger partial charge in [0, 0.05) is 6.04 Å². The van der Waals surface area contributed by atoms with Crippen molar-refractivity contribution in [3.05, 3.63) is 0 Å². The predicted molar refractivity (Wildman–Crippen MR) is 80.9 cm³/mol. The quantitative estimate of drug-likeness (QED) is 0.626. The molecule has 0 bridgehead atoms. The molecule has 4 nitrogen and oxygen atoms in total. The molecule has 0 aromatic heterocycles. The van der Waals surface area contributed by atoms with Crippen molar-refractivity contribution >= 4 is 10.1 Å². The maximum Gasteiger partial charge on any atom is 0.267 e. The molecule has 0 saturated heterocycles. The zero-order valence-electron chi connectivity index (χ0n) is 12.4. The summed E-state index contributed by atoms with van der Waals surface area (Å²) in [5.74, 6) is 0.713. The predicted octanol–water partition coefficient (Wildman–Crippen LogP) is 2.82. The Hall–Kier alpha value is -0.130. The van der Waals surface area contributed by atoms with E-state index >= 15 is 0 Å². The Morgan fingerprint density at radius 3 is 2.20 bits per heavy atom. The minimum Gasteiger partial charge on any atom is -0.327 e. The molecule has 0 radical (unpaired) electrons. The number of nitrogens with two attached hydrogens (primary N) is 1. The topological polar surface area (TPSA) is 69.4 Å². The third kappa shape index (κ3) is 5.34. The minimum atomic E-state index is -3.37. The summed E-state index contributed by atoms with van der Waals surface area (Å²) in [6.07, 6.45) is 11.1. The summed E-state index contributed by atoms with van der Waals surface area (Å²) in [6.45, 7) is 0.288. The van der Waals surface area contributed by atoms with Gasteiger partial charge >= 0.3 is 0 Å². The van der Waals surface area contributed by atoms with Gasteiger partial charge in [-0.05, 0) is 37.5 Å². The Labute approximate surface area is 123 Å². The van der Waals surface area contributed by atoms with Gasteiger partial charge in [0.2, 0.25) is 0 Å². The Morgan fingerprint density at radius 1 is 0.900 bits per heavy atom. The molecule has 118 valence electrons. The molecule has 0 spiro atoms. The lowest BCUT2D eigenvalue weighted by Crippen LogP contribution is -2.33. The second-order valence-electron chi connectivity index (χ2n) is 6.57.